The number of likely N-dealkylation sites (N-methyl/N-ethyl adjacent to an activating group) is 1. The summed E-state index contributed by atoms with van der Waals surface area (Å²) in [4.78, 5) is 38.0. The predicted octanol–water partition coefficient (Wildman–Crippen LogP) is 5.83. The molecular weight excluding hydrogens is 548 g/mol. The monoisotopic (exact) mass is 586 g/mol. The number of amides is 1. The van der Waals surface area contributed by atoms with E-state index in [1.165, 1.54) is 19.2 Å². The fourth-order valence-corrected chi connectivity index (χ4v) is 6.70. The maximum atomic E-state index is 12.4. The molecule has 0 bridgehead atoms. The number of methoxy groups -OCH3 is 1. The van der Waals surface area contributed by atoms with Crippen LogP contribution in [0.15, 0.2) is 36.4 Å². The van der Waals surface area contributed by atoms with Crippen molar-refractivity contribution in [3.8, 4) is 5.75 Å². The van der Waals surface area contributed by atoms with Crippen molar-refractivity contribution < 1.29 is 34.1 Å². The molecule has 2 aliphatic rings. The van der Waals surface area contributed by atoms with Gasteiger partial charge in [0, 0.05) is 24.1 Å². The number of hydrogen-bond acceptors (Lipinski definition) is 7. The summed E-state index contributed by atoms with van der Waals surface area (Å²) in [6.07, 6.45) is 6.88. The fourth-order valence-electron chi connectivity index (χ4n) is 6.44. The van der Waals surface area contributed by atoms with Crippen molar-refractivity contribution in [3.05, 3.63) is 58.1 Å². The third-order valence-corrected chi connectivity index (χ3v) is 9.04. The molecule has 0 unspecified atom stereocenters. The normalized spacial score (nSPS) is 20.8. The van der Waals surface area contributed by atoms with Gasteiger partial charge in [-0.3, -0.25) is 10.1 Å². The van der Waals surface area contributed by atoms with Crippen LogP contribution in [0.1, 0.15) is 78.8 Å². The number of hydrogen-bond donors (Lipinski definition) is 3. The molecule has 0 aliphatic heterocycles. The second-order valence-corrected chi connectivity index (χ2v) is 11.5. The van der Waals surface area contributed by atoms with E-state index in [0.29, 0.717) is 30.0 Å². The molecule has 1 atom stereocenters. The molecule has 2 aliphatic carbocycles. The first-order valence-corrected chi connectivity index (χ1v) is 14.6. The third-order valence-electron chi connectivity index (χ3n) is 8.74. The van der Waals surface area contributed by atoms with Crippen molar-refractivity contribution in [2.75, 3.05) is 32.6 Å². The van der Waals surface area contributed by atoms with Gasteiger partial charge in [-0.25, -0.2) is 9.59 Å². The molecule has 2 aromatic carbocycles. The lowest BCUT2D eigenvalue weighted by Gasteiger charge is -2.38. The SMILES string of the molecule is COc1cc(C=O)cc(Cl)c1NC(=O)OCCN(C)C1CCC(c2ccccc2[C@@](O)(C(=O)O)C2CCCC2)CC1. The number of rotatable bonds is 11. The van der Waals surface area contributed by atoms with Crippen LogP contribution in [0, 0.1) is 5.92 Å². The molecule has 1 amide bonds. The van der Waals surface area contributed by atoms with Gasteiger partial charge < -0.3 is 24.6 Å². The van der Waals surface area contributed by atoms with Crippen molar-refractivity contribution in [3.63, 3.8) is 0 Å². The zero-order chi connectivity index (χ0) is 29.6. The van der Waals surface area contributed by atoms with E-state index in [-0.39, 0.29) is 34.9 Å². The molecule has 2 aromatic rings. The Kier molecular flexibility index (Phi) is 10.3. The zero-order valence-corrected chi connectivity index (χ0v) is 24.4. The minimum Gasteiger partial charge on any atom is -0.494 e. The molecule has 0 heterocycles. The molecule has 0 aromatic heterocycles. The van der Waals surface area contributed by atoms with Crippen LogP contribution in [-0.4, -0.2) is 66.8 Å². The summed E-state index contributed by atoms with van der Waals surface area (Å²) < 4.78 is 10.6. The number of carbonyl (C=O) groups is 3. The maximum Gasteiger partial charge on any atom is 0.411 e. The predicted molar refractivity (Wildman–Crippen MR) is 156 cm³/mol. The van der Waals surface area contributed by atoms with E-state index in [2.05, 4.69) is 10.2 Å². The minimum atomic E-state index is -1.86. The zero-order valence-electron chi connectivity index (χ0n) is 23.6. The van der Waals surface area contributed by atoms with Gasteiger partial charge in [0.1, 0.15) is 24.3 Å². The van der Waals surface area contributed by atoms with E-state index >= 15 is 0 Å². The largest absolute Gasteiger partial charge is 0.494 e. The number of aliphatic hydroxyl groups is 1. The Hall–Kier alpha value is -3.14. The molecule has 3 N–H and O–H groups in total. The lowest BCUT2D eigenvalue weighted by Crippen LogP contribution is -2.43. The number of aliphatic carboxylic acids is 1. The van der Waals surface area contributed by atoms with Crippen molar-refractivity contribution in [2.24, 2.45) is 5.92 Å². The van der Waals surface area contributed by atoms with E-state index in [0.717, 1.165) is 56.9 Å². The quantitative estimate of drug-likeness (QED) is 0.281. The Bertz CT molecular complexity index is 1240. The summed E-state index contributed by atoms with van der Waals surface area (Å²) in [7, 11) is 3.42. The van der Waals surface area contributed by atoms with Crippen LogP contribution in [-0.2, 0) is 15.1 Å². The average Bonchev–Trinajstić information content (AvgIpc) is 3.53. The third kappa shape index (κ3) is 6.85. The highest BCUT2D eigenvalue weighted by molar-refractivity contribution is 6.34. The van der Waals surface area contributed by atoms with Crippen LogP contribution in [0.5, 0.6) is 5.75 Å². The van der Waals surface area contributed by atoms with Gasteiger partial charge >= 0.3 is 12.1 Å². The first kappa shape index (κ1) is 30.8. The molecular formula is C31H39ClN2O7. The Balaban J connectivity index is 1.31. The second kappa shape index (κ2) is 13.7. The van der Waals surface area contributed by atoms with Gasteiger partial charge in [-0.1, -0.05) is 48.7 Å². The van der Waals surface area contributed by atoms with Gasteiger partial charge in [-0.2, -0.15) is 0 Å². The molecule has 9 nitrogen and oxygen atoms in total. The molecule has 41 heavy (non-hydrogen) atoms. The van der Waals surface area contributed by atoms with E-state index in [1.807, 2.05) is 25.2 Å². The molecule has 0 spiro atoms. The van der Waals surface area contributed by atoms with Crippen LogP contribution in [0.2, 0.25) is 5.02 Å². The Morgan fingerprint density at radius 3 is 2.44 bits per heavy atom. The molecule has 2 fully saturated rings. The number of nitrogens with zero attached hydrogens (tertiary/aromatic N) is 1. The minimum absolute atomic E-state index is 0.170. The van der Waals surface area contributed by atoms with Crippen LogP contribution in [0.3, 0.4) is 0 Å². The van der Waals surface area contributed by atoms with Crippen LogP contribution in [0.4, 0.5) is 10.5 Å². The number of anilines is 1. The number of carboxylic acid groups (broad SMARTS) is 1. The number of aldehydes is 1. The van der Waals surface area contributed by atoms with E-state index in [9.17, 15) is 24.6 Å². The molecule has 0 saturated heterocycles. The van der Waals surface area contributed by atoms with Gasteiger partial charge in [0.15, 0.2) is 5.60 Å². The molecule has 0 radical (unpaired) electrons. The summed E-state index contributed by atoms with van der Waals surface area (Å²) in [5.41, 5.74) is 0.203. The molecule has 4 rings (SSSR count). The van der Waals surface area contributed by atoms with Crippen LogP contribution < -0.4 is 10.1 Å². The highest BCUT2D eigenvalue weighted by Crippen LogP contribution is 2.45. The van der Waals surface area contributed by atoms with Crippen molar-refractivity contribution in [1.29, 1.82) is 0 Å². The summed E-state index contributed by atoms with van der Waals surface area (Å²) in [6.45, 7) is 0.708. The second-order valence-electron chi connectivity index (χ2n) is 11.1. The number of carboxylic acids is 1. The van der Waals surface area contributed by atoms with Gasteiger partial charge in [-0.05, 0) is 74.8 Å². The fraction of sp³-hybridized carbons (Fsp3) is 0.516. The molecule has 10 heteroatoms. The van der Waals surface area contributed by atoms with Crippen molar-refractivity contribution in [1.82, 2.24) is 4.90 Å². The highest BCUT2D eigenvalue weighted by atomic mass is 35.5. The molecule has 222 valence electrons. The first-order chi connectivity index (χ1) is 19.7. The topological polar surface area (TPSA) is 125 Å². The smallest absolute Gasteiger partial charge is 0.411 e. The lowest BCUT2D eigenvalue weighted by molar-refractivity contribution is -0.166. The number of benzene rings is 2. The summed E-state index contributed by atoms with van der Waals surface area (Å²) >= 11 is 6.20. The Labute approximate surface area is 245 Å². The average molecular weight is 587 g/mol. The van der Waals surface area contributed by atoms with Crippen molar-refractivity contribution >= 4 is 35.6 Å². The lowest BCUT2D eigenvalue weighted by atomic mass is 9.73. The first-order valence-electron chi connectivity index (χ1n) is 14.2. The van der Waals surface area contributed by atoms with Gasteiger partial charge in [-0.15, -0.1) is 0 Å². The highest BCUT2D eigenvalue weighted by Gasteiger charge is 2.48. The van der Waals surface area contributed by atoms with Gasteiger partial charge in [0.25, 0.3) is 0 Å². The summed E-state index contributed by atoms with van der Waals surface area (Å²) in [5, 5.41) is 24.4. The standard InChI is InChI=1S/C31H39ClN2O7/c1-34(15-16-41-30(38)33-28-26(32)17-20(19-35)18-27(28)40-2)23-13-11-21(12-14-23)24-9-5-6-10-25(24)31(39,29(36)37)22-7-3-4-8-22/h5-6,9-10,17-19,21-23,39H,3-4,7-8,11-16H2,1-2H3,(H,33,38)(H,36,37)/t21?,23?,31-/m1/s1. The van der Waals surface area contributed by atoms with Gasteiger partial charge in [0.2, 0.25) is 0 Å². The summed E-state index contributed by atoms with van der Waals surface area (Å²) in [6, 6.07) is 10.7. The van der Waals surface area contributed by atoms with E-state index in [4.69, 9.17) is 21.1 Å². The maximum absolute atomic E-state index is 12.4. The van der Waals surface area contributed by atoms with Crippen LogP contribution in [0.25, 0.3) is 0 Å². The summed E-state index contributed by atoms with van der Waals surface area (Å²) in [5.74, 6) is -0.992. The molecule has 2 saturated carbocycles. The number of nitrogens with one attached hydrogen (secondary N) is 1. The Morgan fingerprint density at radius 1 is 1.12 bits per heavy atom. The van der Waals surface area contributed by atoms with E-state index in [1.54, 1.807) is 6.07 Å². The van der Waals surface area contributed by atoms with Crippen LogP contribution >= 0.6 is 11.6 Å². The van der Waals surface area contributed by atoms with Crippen molar-refractivity contribution in [2.45, 2.75) is 68.9 Å². The number of carbonyl (C=O) groups excluding carboxylic acids is 2. The number of halogens is 1. The Morgan fingerprint density at radius 2 is 1.80 bits per heavy atom. The van der Waals surface area contributed by atoms with E-state index < -0.39 is 17.7 Å². The number of ether oxygens (including phenoxy) is 2. The van der Waals surface area contributed by atoms with Gasteiger partial charge in [0.05, 0.1) is 12.1 Å².